The number of carbonyl (C=O) groups excluding carboxylic acids is 2. The van der Waals surface area contributed by atoms with Crippen LogP contribution < -0.4 is 10.2 Å². The Bertz CT molecular complexity index is 564. The van der Waals surface area contributed by atoms with Crippen LogP contribution in [0.3, 0.4) is 0 Å². The molecule has 4 nitrogen and oxygen atoms in total. The molecule has 1 aromatic rings. The Morgan fingerprint density at radius 3 is 2.57 bits per heavy atom. The maximum absolute atomic E-state index is 12.9. The van der Waals surface area contributed by atoms with Crippen LogP contribution in [0.15, 0.2) is 24.3 Å². The lowest BCUT2D eigenvalue weighted by Gasteiger charge is -2.34. The summed E-state index contributed by atoms with van der Waals surface area (Å²) in [7, 11) is 0. The molecule has 1 aliphatic heterocycles. The van der Waals surface area contributed by atoms with Crippen LogP contribution in [0, 0.1) is 11.8 Å². The second-order valence-electron chi connectivity index (χ2n) is 6.46. The summed E-state index contributed by atoms with van der Waals surface area (Å²) in [6.07, 6.45) is 3.61. The van der Waals surface area contributed by atoms with Crippen LogP contribution >= 0.6 is 0 Å². The van der Waals surface area contributed by atoms with Crippen molar-refractivity contribution in [2.45, 2.75) is 39.2 Å². The van der Waals surface area contributed by atoms with Gasteiger partial charge in [0.1, 0.15) is 6.04 Å². The highest BCUT2D eigenvalue weighted by Gasteiger charge is 2.36. The van der Waals surface area contributed by atoms with Crippen molar-refractivity contribution in [3.8, 4) is 0 Å². The third kappa shape index (κ3) is 2.55. The molecule has 3 rings (SSSR count). The van der Waals surface area contributed by atoms with Gasteiger partial charge in [0.2, 0.25) is 5.91 Å². The average molecular weight is 286 g/mol. The molecule has 0 bridgehead atoms. The Balaban J connectivity index is 2.00. The van der Waals surface area contributed by atoms with E-state index >= 15 is 0 Å². The van der Waals surface area contributed by atoms with Crippen molar-refractivity contribution in [3.05, 3.63) is 29.8 Å². The molecule has 0 aromatic heterocycles. The zero-order chi connectivity index (χ0) is 15.0. The number of hydrogen-bond donors (Lipinski definition) is 1. The quantitative estimate of drug-likeness (QED) is 0.928. The number of nitrogens with one attached hydrogen (secondary N) is 1. The number of para-hydroxylation sites is 1. The smallest absolute Gasteiger partial charge is 0.254 e. The molecule has 1 aliphatic carbocycles. The lowest BCUT2D eigenvalue weighted by molar-refractivity contribution is -0.121. The molecule has 1 atom stereocenters. The second-order valence-corrected chi connectivity index (χ2v) is 6.46. The van der Waals surface area contributed by atoms with Crippen LogP contribution in [-0.2, 0) is 4.79 Å². The minimum absolute atomic E-state index is 0.0233. The first-order valence-corrected chi connectivity index (χ1v) is 7.79. The van der Waals surface area contributed by atoms with Gasteiger partial charge < -0.3 is 10.2 Å². The SMILES string of the molecule is CC(C)C1NC(=O)c2ccccc2N(CC2CCC2)C1=O. The molecule has 1 unspecified atom stereocenters. The highest BCUT2D eigenvalue weighted by molar-refractivity contribution is 6.11. The van der Waals surface area contributed by atoms with Gasteiger partial charge in [0.25, 0.3) is 5.91 Å². The van der Waals surface area contributed by atoms with Gasteiger partial charge in [-0.15, -0.1) is 0 Å². The van der Waals surface area contributed by atoms with E-state index in [2.05, 4.69) is 5.32 Å². The summed E-state index contributed by atoms with van der Waals surface area (Å²) >= 11 is 0. The summed E-state index contributed by atoms with van der Waals surface area (Å²) in [5.74, 6) is 0.534. The molecule has 1 N–H and O–H groups in total. The summed E-state index contributed by atoms with van der Waals surface area (Å²) in [5, 5.41) is 2.89. The van der Waals surface area contributed by atoms with E-state index < -0.39 is 6.04 Å². The Morgan fingerprint density at radius 2 is 1.95 bits per heavy atom. The number of fused-ring (bicyclic) bond motifs is 1. The van der Waals surface area contributed by atoms with Crippen LogP contribution in [0.4, 0.5) is 5.69 Å². The number of anilines is 1. The zero-order valence-electron chi connectivity index (χ0n) is 12.6. The molecule has 4 heteroatoms. The fraction of sp³-hybridized carbons (Fsp3) is 0.529. The van der Waals surface area contributed by atoms with E-state index in [9.17, 15) is 9.59 Å². The van der Waals surface area contributed by atoms with Crippen molar-refractivity contribution < 1.29 is 9.59 Å². The van der Waals surface area contributed by atoms with Gasteiger partial charge in [0.05, 0.1) is 11.3 Å². The van der Waals surface area contributed by atoms with E-state index in [4.69, 9.17) is 0 Å². The van der Waals surface area contributed by atoms with E-state index in [-0.39, 0.29) is 17.7 Å². The van der Waals surface area contributed by atoms with Gasteiger partial charge in [0, 0.05) is 6.54 Å². The lowest BCUT2D eigenvalue weighted by Crippen LogP contribution is -2.50. The van der Waals surface area contributed by atoms with Crippen LogP contribution in [0.25, 0.3) is 0 Å². The molecule has 112 valence electrons. The number of rotatable bonds is 3. The number of benzene rings is 1. The van der Waals surface area contributed by atoms with Crippen LogP contribution in [0.5, 0.6) is 0 Å². The summed E-state index contributed by atoms with van der Waals surface area (Å²) in [4.78, 5) is 27.1. The Labute approximate surface area is 125 Å². The van der Waals surface area contributed by atoms with Gasteiger partial charge in [0.15, 0.2) is 0 Å². The van der Waals surface area contributed by atoms with Crippen molar-refractivity contribution in [3.63, 3.8) is 0 Å². The molecule has 2 aliphatic rings. The van der Waals surface area contributed by atoms with E-state index in [1.807, 2.05) is 36.9 Å². The van der Waals surface area contributed by atoms with Gasteiger partial charge in [-0.1, -0.05) is 32.4 Å². The molecule has 0 spiro atoms. The predicted molar refractivity (Wildman–Crippen MR) is 82.2 cm³/mol. The van der Waals surface area contributed by atoms with Crippen molar-refractivity contribution >= 4 is 17.5 Å². The standard InChI is InChI=1S/C17H22N2O2/c1-11(2)15-17(21)19(10-12-6-5-7-12)14-9-4-3-8-13(14)16(20)18-15/h3-4,8-9,11-12,15H,5-7,10H2,1-2H3,(H,18,20). The summed E-state index contributed by atoms with van der Waals surface area (Å²) < 4.78 is 0. The van der Waals surface area contributed by atoms with Gasteiger partial charge in [-0.05, 0) is 36.8 Å². The lowest BCUT2D eigenvalue weighted by atomic mass is 9.84. The molecule has 0 radical (unpaired) electrons. The van der Waals surface area contributed by atoms with Gasteiger partial charge in [-0.2, -0.15) is 0 Å². The molecule has 1 saturated carbocycles. The van der Waals surface area contributed by atoms with Crippen LogP contribution in [-0.4, -0.2) is 24.4 Å². The van der Waals surface area contributed by atoms with Crippen molar-refractivity contribution in [1.82, 2.24) is 5.32 Å². The third-order valence-corrected chi connectivity index (χ3v) is 4.59. The van der Waals surface area contributed by atoms with Crippen LogP contribution in [0.1, 0.15) is 43.5 Å². The van der Waals surface area contributed by atoms with Crippen LogP contribution in [0.2, 0.25) is 0 Å². The normalized spacial score (nSPS) is 22.6. The summed E-state index contributed by atoms with van der Waals surface area (Å²) in [5.41, 5.74) is 1.36. The minimum atomic E-state index is -0.440. The van der Waals surface area contributed by atoms with E-state index in [1.165, 1.54) is 19.3 Å². The molecular weight excluding hydrogens is 264 g/mol. The first kappa shape index (κ1) is 14.1. The van der Waals surface area contributed by atoms with Crippen molar-refractivity contribution in [1.29, 1.82) is 0 Å². The zero-order valence-corrected chi connectivity index (χ0v) is 12.6. The van der Waals surface area contributed by atoms with Crippen molar-refractivity contribution in [2.75, 3.05) is 11.4 Å². The monoisotopic (exact) mass is 286 g/mol. The Kier molecular flexibility index (Phi) is 3.70. The largest absolute Gasteiger partial charge is 0.340 e. The van der Waals surface area contributed by atoms with E-state index in [1.54, 1.807) is 6.07 Å². The fourth-order valence-corrected chi connectivity index (χ4v) is 3.04. The topological polar surface area (TPSA) is 49.4 Å². The predicted octanol–water partition coefficient (Wildman–Crippen LogP) is 2.59. The molecule has 1 aromatic carbocycles. The first-order chi connectivity index (χ1) is 10.1. The Morgan fingerprint density at radius 1 is 1.24 bits per heavy atom. The first-order valence-electron chi connectivity index (χ1n) is 7.79. The van der Waals surface area contributed by atoms with Gasteiger partial charge in [-0.3, -0.25) is 9.59 Å². The fourth-order valence-electron chi connectivity index (χ4n) is 3.04. The van der Waals surface area contributed by atoms with Gasteiger partial charge in [-0.25, -0.2) is 0 Å². The highest BCUT2D eigenvalue weighted by Crippen LogP contribution is 2.32. The highest BCUT2D eigenvalue weighted by atomic mass is 16.2. The molecule has 1 fully saturated rings. The maximum Gasteiger partial charge on any atom is 0.254 e. The number of amides is 2. The number of carbonyl (C=O) groups is 2. The molecule has 1 heterocycles. The second kappa shape index (κ2) is 5.51. The van der Waals surface area contributed by atoms with Gasteiger partial charge >= 0.3 is 0 Å². The van der Waals surface area contributed by atoms with E-state index in [0.717, 1.165) is 12.2 Å². The summed E-state index contributed by atoms with van der Waals surface area (Å²) in [6.45, 7) is 4.68. The molecular formula is C17H22N2O2. The molecule has 0 saturated heterocycles. The summed E-state index contributed by atoms with van der Waals surface area (Å²) in [6, 6.07) is 6.98. The Hall–Kier alpha value is -1.84. The third-order valence-electron chi connectivity index (χ3n) is 4.59. The molecule has 2 amide bonds. The maximum atomic E-state index is 12.9. The minimum Gasteiger partial charge on any atom is -0.340 e. The van der Waals surface area contributed by atoms with Crippen molar-refractivity contribution in [2.24, 2.45) is 11.8 Å². The number of hydrogen-bond acceptors (Lipinski definition) is 2. The number of nitrogens with zero attached hydrogens (tertiary/aromatic N) is 1. The molecule has 21 heavy (non-hydrogen) atoms. The average Bonchev–Trinajstić information content (AvgIpc) is 2.52. The van der Waals surface area contributed by atoms with E-state index in [0.29, 0.717) is 11.5 Å².